The van der Waals surface area contributed by atoms with Crippen molar-refractivity contribution in [1.29, 1.82) is 0 Å². The second kappa shape index (κ2) is 12.3. The summed E-state index contributed by atoms with van der Waals surface area (Å²) in [6.45, 7) is 20.6. The molecule has 0 aliphatic carbocycles. The molecule has 0 atom stereocenters. The summed E-state index contributed by atoms with van der Waals surface area (Å²) >= 11 is 0. The third-order valence-electron chi connectivity index (χ3n) is 10.9. The van der Waals surface area contributed by atoms with E-state index in [1.807, 2.05) is 6.20 Å². The number of fused-ring (bicyclic) bond motifs is 4. The van der Waals surface area contributed by atoms with Gasteiger partial charge in [0.05, 0.1) is 22.2 Å². The highest BCUT2D eigenvalue weighted by molar-refractivity contribution is 6.12. The largest absolute Gasteiger partial charge is 0.354 e. The van der Waals surface area contributed by atoms with Gasteiger partial charge in [0.15, 0.2) is 0 Å². The highest BCUT2D eigenvalue weighted by atomic mass is 15.1. The van der Waals surface area contributed by atoms with Crippen molar-refractivity contribution < 1.29 is 0 Å². The second-order valence-electron chi connectivity index (χ2n) is 17.8. The Bertz CT molecular complexity index is 2670. The van der Waals surface area contributed by atoms with Crippen LogP contribution in [0.2, 0.25) is 0 Å². The van der Waals surface area contributed by atoms with Crippen molar-refractivity contribution >= 4 is 32.8 Å². The average molecular weight is 695 g/mol. The fourth-order valence-electron chi connectivity index (χ4n) is 7.53. The number of imidazole rings is 1. The number of benzene rings is 5. The Morgan fingerprint density at radius 3 is 1.92 bits per heavy atom. The molecule has 0 fully saturated rings. The molecular formula is C49H50N4. The predicted octanol–water partition coefficient (Wildman–Crippen LogP) is 13.2. The molecule has 0 saturated heterocycles. The Kier molecular flexibility index (Phi) is 8.03. The first kappa shape index (κ1) is 34.6. The Morgan fingerprint density at radius 2 is 1.21 bits per heavy atom. The van der Waals surface area contributed by atoms with Gasteiger partial charge < -0.3 is 9.55 Å². The summed E-state index contributed by atoms with van der Waals surface area (Å²) in [5.41, 5.74) is 16.0. The molecule has 266 valence electrons. The smallest absolute Gasteiger partial charge is 0.143 e. The quantitative estimate of drug-likeness (QED) is 0.199. The standard InChI is InChI=1S/C49H50N4/c1-47(2,3)34-19-20-41-38(27-34)39-28-36(49(7,8)9)29-40(44(39)51-41)46-52-45-37(17-14-18-43(45)53(46)10)32-23-33(25-35(24-32)48(4,5)6)42-26-31(21-22-50-42)30-15-12-11-13-16-30/h11-29,51H,1-10H3. The van der Waals surface area contributed by atoms with Crippen molar-refractivity contribution in [3.8, 4) is 44.9 Å². The van der Waals surface area contributed by atoms with Gasteiger partial charge in [-0.3, -0.25) is 4.98 Å². The molecule has 3 heterocycles. The lowest BCUT2D eigenvalue weighted by Crippen LogP contribution is -2.11. The van der Waals surface area contributed by atoms with Gasteiger partial charge in [-0.15, -0.1) is 0 Å². The van der Waals surface area contributed by atoms with E-state index in [1.54, 1.807) is 0 Å². The number of hydrogen-bond acceptors (Lipinski definition) is 2. The van der Waals surface area contributed by atoms with Gasteiger partial charge in [-0.25, -0.2) is 4.98 Å². The lowest BCUT2D eigenvalue weighted by molar-refractivity contribution is 0.590. The zero-order valence-electron chi connectivity index (χ0n) is 32.8. The minimum atomic E-state index is -0.0630. The number of pyridine rings is 1. The molecule has 0 unspecified atom stereocenters. The number of aryl methyl sites for hydroxylation is 1. The molecule has 53 heavy (non-hydrogen) atoms. The maximum absolute atomic E-state index is 5.53. The summed E-state index contributed by atoms with van der Waals surface area (Å²) in [6, 6.07) is 40.0. The first-order chi connectivity index (χ1) is 25.1. The normalized spacial score (nSPS) is 12.7. The van der Waals surface area contributed by atoms with Gasteiger partial charge in [-0.05, 0) is 104 Å². The van der Waals surface area contributed by atoms with Crippen LogP contribution in [0.4, 0.5) is 0 Å². The van der Waals surface area contributed by atoms with Crippen molar-refractivity contribution in [1.82, 2.24) is 19.5 Å². The van der Waals surface area contributed by atoms with E-state index < -0.39 is 0 Å². The Hall–Kier alpha value is -5.48. The van der Waals surface area contributed by atoms with Gasteiger partial charge in [0, 0.05) is 46.2 Å². The minimum Gasteiger partial charge on any atom is -0.354 e. The second-order valence-corrected chi connectivity index (χ2v) is 17.8. The van der Waals surface area contributed by atoms with Crippen LogP contribution in [0.3, 0.4) is 0 Å². The number of H-pyrrole nitrogens is 1. The fourth-order valence-corrected chi connectivity index (χ4v) is 7.53. The Balaban J connectivity index is 1.34. The van der Waals surface area contributed by atoms with Crippen molar-refractivity contribution in [2.24, 2.45) is 7.05 Å². The van der Waals surface area contributed by atoms with Crippen LogP contribution in [0.5, 0.6) is 0 Å². The van der Waals surface area contributed by atoms with E-state index in [4.69, 9.17) is 9.97 Å². The van der Waals surface area contributed by atoms with Crippen LogP contribution in [0.25, 0.3) is 77.7 Å². The highest BCUT2D eigenvalue weighted by Gasteiger charge is 2.24. The van der Waals surface area contributed by atoms with Gasteiger partial charge in [-0.1, -0.05) is 117 Å². The molecule has 0 saturated carbocycles. The summed E-state index contributed by atoms with van der Waals surface area (Å²) in [4.78, 5) is 14.2. The van der Waals surface area contributed by atoms with Crippen LogP contribution in [0, 0.1) is 0 Å². The zero-order valence-corrected chi connectivity index (χ0v) is 32.8. The van der Waals surface area contributed by atoms with Crippen LogP contribution in [0.1, 0.15) is 79.0 Å². The fraction of sp³-hybridized carbons (Fsp3) is 0.265. The molecule has 0 aliphatic heterocycles. The maximum atomic E-state index is 5.53. The van der Waals surface area contributed by atoms with Crippen molar-refractivity contribution in [3.05, 3.63) is 132 Å². The van der Waals surface area contributed by atoms with E-state index in [9.17, 15) is 0 Å². The van der Waals surface area contributed by atoms with E-state index in [1.165, 1.54) is 33.0 Å². The van der Waals surface area contributed by atoms with Crippen molar-refractivity contribution in [2.75, 3.05) is 0 Å². The number of nitrogens with zero attached hydrogens (tertiary/aromatic N) is 3. The van der Waals surface area contributed by atoms with Gasteiger partial charge in [-0.2, -0.15) is 0 Å². The summed E-state index contributed by atoms with van der Waals surface area (Å²) in [5, 5.41) is 2.50. The van der Waals surface area contributed by atoms with Gasteiger partial charge in [0.1, 0.15) is 5.82 Å². The third-order valence-corrected chi connectivity index (χ3v) is 10.9. The van der Waals surface area contributed by atoms with Gasteiger partial charge in [0.2, 0.25) is 0 Å². The number of para-hydroxylation sites is 1. The zero-order chi connectivity index (χ0) is 37.4. The van der Waals surface area contributed by atoms with Crippen LogP contribution in [-0.2, 0) is 23.3 Å². The minimum absolute atomic E-state index is 0.0421. The van der Waals surface area contributed by atoms with Gasteiger partial charge in [0.25, 0.3) is 0 Å². The van der Waals surface area contributed by atoms with Crippen LogP contribution in [-0.4, -0.2) is 19.5 Å². The molecule has 0 spiro atoms. The molecule has 4 nitrogen and oxygen atoms in total. The molecule has 3 aromatic heterocycles. The molecule has 0 amide bonds. The monoisotopic (exact) mass is 694 g/mol. The molecule has 0 bridgehead atoms. The van der Waals surface area contributed by atoms with E-state index in [0.29, 0.717) is 0 Å². The molecule has 8 aromatic rings. The molecule has 1 N–H and O–H groups in total. The Morgan fingerprint density at radius 1 is 0.528 bits per heavy atom. The van der Waals surface area contributed by atoms with E-state index in [2.05, 4.69) is 188 Å². The number of aromatic nitrogens is 4. The van der Waals surface area contributed by atoms with E-state index in [0.717, 1.165) is 61.4 Å². The summed E-state index contributed by atoms with van der Waals surface area (Å²) < 4.78 is 2.27. The molecule has 0 aliphatic rings. The summed E-state index contributed by atoms with van der Waals surface area (Å²) in [7, 11) is 2.15. The lowest BCUT2D eigenvalue weighted by atomic mass is 9.83. The predicted molar refractivity (Wildman–Crippen MR) is 226 cm³/mol. The average Bonchev–Trinajstić information content (AvgIpc) is 3.67. The number of nitrogens with one attached hydrogen (secondary N) is 1. The topological polar surface area (TPSA) is 46.5 Å². The molecule has 8 rings (SSSR count). The van der Waals surface area contributed by atoms with E-state index in [-0.39, 0.29) is 16.2 Å². The summed E-state index contributed by atoms with van der Waals surface area (Å²) in [6.07, 6.45) is 1.92. The summed E-state index contributed by atoms with van der Waals surface area (Å²) in [5.74, 6) is 0.954. The van der Waals surface area contributed by atoms with Crippen LogP contribution >= 0.6 is 0 Å². The Labute approximate surface area is 314 Å². The number of aromatic amines is 1. The molecular weight excluding hydrogens is 645 g/mol. The molecule has 5 aromatic carbocycles. The van der Waals surface area contributed by atoms with E-state index >= 15 is 0 Å². The molecule has 4 heteroatoms. The van der Waals surface area contributed by atoms with Crippen LogP contribution < -0.4 is 0 Å². The van der Waals surface area contributed by atoms with Crippen LogP contribution in [0.15, 0.2) is 115 Å². The first-order valence-corrected chi connectivity index (χ1v) is 18.8. The van der Waals surface area contributed by atoms with Crippen molar-refractivity contribution in [3.63, 3.8) is 0 Å². The maximum Gasteiger partial charge on any atom is 0.143 e. The third kappa shape index (κ3) is 6.24. The first-order valence-electron chi connectivity index (χ1n) is 18.8. The SMILES string of the molecule is Cn1c(-c2cc(C(C)(C)C)cc3c2[nH]c2ccc(C(C)(C)C)cc23)nc2c(-c3cc(-c4cc(-c5ccccc5)ccn4)cc(C(C)(C)C)c3)cccc21. The van der Waals surface area contributed by atoms with Gasteiger partial charge >= 0.3 is 0 Å². The molecule has 0 radical (unpaired) electrons. The number of rotatable bonds is 4. The van der Waals surface area contributed by atoms with Crippen molar-refractivity contribution in [2.45, 2.75) is 78.6 Å². The highest BCUT2D eigenvalue weighted by Crippen LogP contribution is 2.42. The number of hydrogen-bond donors (Lipinski definition) is 1. The lowest BCUT2D eigenvalue weighted by Gasteiger charge is -2.22.